The fourth-order valence-corrected chi connectivity index (χ4v) is 3.27. The second kappa shape index (κ2) is 8.30. The Morgan fingerprint density at radius 2 is 2.12 bits per heavy atom. The first-order valence-corrected chi connectivity index (χ1v) is 9.25. The Hall–Kier alpha value is -2.14. The molecular formula is C20H28N4O. The maximum atomic E-state index is 12.2. The molecular weight excluding hydrogens is 312 g/mol. The molecule has 0 fully saturated rings. The Kier molecular flexibility index (Phi) is 5.87. The van der Waals surface area contributed by atoms with Gasteiger partial charge in [-0.15, -0.1) is 0 Å². The van der Waals surface area contributed by atoms with Gasteiger partial charge < -0.3 is 5.32 Å². The minimum atomic E-state index is 0.0462. The fourth-order valence-electron chi connectivity index (χ4n) is 3.27. The number of nitrogens with zero attached hydrogens (tertiary/aromatic N) is 3. The molecule has 0 spiro atoms. The molecule has 0 saturated heterocycles. The van der Waals surface area contributed by atoms with Gasteiger partial charge in [0, 0.05) is 13.1 Å². The van der Waals surface area contributed by atoms with Gasteiger partial charge in [-0.05, 0) is 37.1 Å². The van der Waals surface area contributed by atoms with Crippen LogP contribution in [0.25, 0.3) is 0 Å². The number of carbonyl (C=O) groups excluding carboxylic acids is 1. The lowest BCUT2D eigenvalue weighted by atomic mass is 10.1. The molecule has 3 rings (SSSR count). The zero-order valence-corrected chi connectivity index (χ0v) is 15.3. The van der Waals surface area contributed by atoms with Crippen LogP contribution in [0.2, 0.25) is 0 Å². The maximum absolute atomic E-state index is 12.2. The maximum Gasteiger partial charge on any atom is 0.224 e. The highest BCUT2D eigenvalue weighted by Gasteiger charge is 2.18. The van der Waals surface area contributed by atoms with Gasteiger partial charge in [-0.1, -0.05) is 37.6 Å². The summed E-state index contributed by atoms with van der Waals surface area (Å²) in [5, 5.41) is 7.64. The highest BCUT2D eigenvalue weighted by molar-refractivity contribution is 5.78. The van der Waals surface area contributed by atoms with Crippen LogP contribution in [0.4, 0.5) is 0 Å². The van der Waals surface area contributed by atoms with E-state index in [2.05, 4.69) is 33.0 Å². The number of aryl methyl sites for hydroxylation is 1. The molecule has 25 heavy (non-hydrogen) atoms. The molecule has 1 aliphatic heterocycles. The van der Waals surface area contributed by atoms with Gasteiger partial charge in [0.15, 0.2) is 0 Å². The third-order valence-corrected chi connectivity index (χ3v) is 4.83. The number of hydrogen-bond donors (Lipinski definition) is 1. The summed E-state index contributed by atoms with van der Waals surface area (Å²) in [7, 11) is 0. The van der Waals surface area contributed by atoms with Crippen molar-refractivity contribution in [2.24, 2.45) is 0 Å². The molecule has 1 amide bonds. The van der Waals surface area contributed by atoms with Crippen molar-refractivity contribution in [3.8, 4) is 0 Å². The normalized spacial score (nSPS) is 14.3. The van der Waals surface area contributed by atoms with Crippen molar-refractivity contribution in [3.05, 3.63) is 52.8 Å². The summed E-state index contributed by atoms with van der Waals surface area (Å²) in [5.74, 6) is 0.0462. The molecule has 134 valence electrons. The molecule has 0 bridgehead atoms. The lowest BCUT2D eigenvalue weighted by molar-refractivity contribution is -0.120. The number of fused-ring (bicyclic) bond motifs is 1. The van der Waals surface area contributed by atoms with Crippen molar-refractivity contribution in [3.63, 3.8) is 0 Å². The third kappa shape index (κ3) is 4.69. The topological polar surface area (TPSA) is 50.2 Å². The van der Waals surface area contributed by atoms with Crippen LogP contribution in [-0.4, -0.2) is 33.7 Å². The molecule has 1 aromatic heterocycles. The number of rotatable bonds is 7. The Balaban J connectivity index is 1.52. The molecule has 1 aromatic carbocycles. The zero-order valence-electron chi connectivity index (χ0n) is 15.3. The predicted octanol–water partition coefficient (Wildman–Crippen LogP) is 2.67. The summed E-state index contributed by atoms with van der Waals surface area (Å²) in [6.07, 6.45) is 2.90. The van der Waals surface area contributed by atoms with Gasteiger partial charge in [-0.2, -0.15) is 5.10 Å². The smallest absolute Gasteiger partial charge is 0.224 e. The Bertz CT molecular complexity index is 722. The van der Waals surface area contributed by atoms with Crippen LogP contribution in [0.5, 0.6) is 0 Å². The molecule has 5 heteroatoms. The average molecular weight is 340 g/mol. The first kappa shape index (κ1) is 17.7. The number of amides is 1. The average Bonchev–Trinajstić information content (AvgIpc) is 3.02. The molecule has 1 aliphatic rings. The second-order valence-electron chi connectivity index (χ2n) is 6.86. The van der Waals surface area contributed by atoms with E-state index in [0.29, 0.717) is 13.0 Å². The van der Waals surface area contributed by atoms with Crippen molar-refractivity contribution < 1.29 is 4.79 Å². The third-order valence-electron chi connectivity index (χ3n) is 4.83. The molecule has 0 unspecified atom stereocenters. The van der Waals surface area contributed by atoms with E-state index in [9.17, 15) is 4.79 Å². The quantitative estimate of drug-likeness (QED) is 0.843. The highest BCUT2D eigenvalue weighted by Crippen LogP contribution is 2.14. The van der Waals surface area contributed by atoms with Crippen molar-refractivity contribution in [1.82, 2.24) is 20.0 Å². The van der Waals surface area contributed by atoms with Crippen LogP contribution in [0, 0.1) is 6.92 Å². The standard InChI is InChI=1S/C20H28N4O/c1-3-4-9-23-10-11-24-19(15-23)13-18(22-24)14-21-20(25)12-17-8-6-5-7-16(17)2/h5-8,13H,3-4,9-12,14-15H2,1-2H3,(H,21,25). The fraction of sp³-hybridized carbons (Fsp3) is 0.500. The van der Waals surface area contributed by atoms with Crippen molar-refractivity contribution >= 4 is 5.91 Å². The molecule has 0 aliphatic carbocycles. The minimum absolute atomic E-state index is 0.0462. The van der Waals surface area contributed by atoms with Crippen LogP contribution < -0.4 is 5.32 Å². The number of benzene rings is 1. The zero-order chi connectivity index (χ0) is 17.6. The second-order valence-corrected chi connectivity index (χ2v) is 6.86. The van der Waals surface area contributed by atoms with Crippen LogP contribution in [-0.2, 0) is 30.8 Å². The first-order valence-electron chi connectivity index (χ1n) is 9.25. The minimum Gasteiger partial charge on any atom is -0.350 e. The summed E-state index contributed by atoms with van der Waals surface area (Å²) in [4.78, 5) is 14.7. The van der Waals surface area contributed by atoms with E-state index in [0.717, 1.165) is 43.0 Å². The van der Waals surface area contributed by atoms with Crippen LogP contribution in [0.15, 0.2) is 30.3 Å². The Labute approximate surface area is 150 Å². The number of nitrogens with one attached hydrogen (secondary N) is 1. The first-order chi connectivity index (χ1) is 12.2. The van der Waals surface area contributed by atoms with Gasteiger partial charge >= 0.3 is 0 Å². The number of aromatic nitrogens is 2. The highest BCUT2D eigenvalue weighted by atomic mass is 16.1. The number of hydrogen-bond acceptors (Lipinski definition) is 3. The number of unbranched alkanes of at least 4 members (excludes halogenated alkanes) is 1. The van der Waals surface area contributed by atoms with Gasteiger partial charge in [-0.3, -0.25) is 14.4 Å². The van der Waals surface area contributed by atoms with Crippen LogP contribution >= 0.6 is 0 Å². The Morgan fingerprint density at radius 3 is 2.92 bits per heavy atom. The van der Waals surface area contributed by atoms with Crippen molar-refractivity contribution in [2.45, 2.75) is 52.7 Å². The van der Waals surface area contributed by atoms with E-state index in [1.165, 1.54) is 18.5 Å². The summed E-state index contributed by atoms with van der Waals surface area (Å²) in [6.45, 7) is 8.89. The van der Waals surface area contributed by atoms with Crippen molar-refractivity contribution in [1.29, 1.82) is 0 Å². The van der Waals surface area contributed by atoms with Crippen molar-refractivity contribution in [2.75, 3.05) is 13.1 Å². The van der Waals surface area contributed by atoms with Gasteiger partial charge in [0.2, 0.25) is 5.91 Å². The van der Waals surface area contributed by atoms with E-state index < -0.39 is 0 Å². The lowest BCUT2D eigenvalue weighted by Crippen LogP contribution is -2.34. The summed E-state index contributed by atoms with van der Waals surface area (Å²) >= 11 is 0. The molecule has 0 atom stereocenters. The SMILES string of the molecule is CCCCN1CCn2nc(CNC(=O)Cc3ccccc3C)cc2C1. The molecule has 2 heterocycles. The monoisotopic (exact) mass is 340 g/mol. The van der Waals surface area contributed by atoms with E-state index in [-0.39, 0.29) is 5.91 Å². The van der Waals surface area contributed by atoms with E-state index in [1.807, 2.05) is 31.2 Å². The van der Waals surface area contributed by atoms with Gasteiger partial charge in [0.25, 0.3) is 0 Å². The summed E-state index contributed by atoms with van der Waals surface area (Å²) < 4.78 is 2.09. The van der Waals surface area contributed by atoms with Crippen LogP contribution in [0.1, 0.15) is 42.3 Å². The number of carbonyl (C=O) groups is 1. The van der Waals surface area contributed by atoms with E-state index in [4.69, 9.17) is 0 Å². The molecule has 0 saturated carbocycles. The predicted molar refractivity (Wildman–Crippen MR) is 99.1 cm³/mol. The largest absolute Gasteiger partial charge is 0.350 e. The van der Waals surface area contributed by atoms with E-state index in [1.54, 1.807) is 0 Å². The van der Waals surface area contributed by atoms with Gasteiger partial charge in [0.1, 0.15) is 0 Å². The molecule has 2 aromatic rings. The molecule has 0 radical (unpaired) electrons. The Morgan fingerprint density at radius 1 is 1.28 bits per heavy atom. The summed E-state index contributed by atoms with van der Waals surface area (Å²) in [6, 6.07) is 10.1. The van der Waals surface area contributed by atoms with Gasteiger partial charge in [0.05, 0.1) is 30.9 Å². The molecule has 1 N–H and O–H groups in total. The van der Waals surface area contributed by atoms with Crippen LogP contribution in [0.3, 0.4) is 0 Å². The lowest BCUT2D eigenvalue weighted by Gasteiger charge is -2.27. The van der Waals surface area contributed by atoms with Gasteiger partial charge in [-0.25, -0.2) is 0 Å². The summed E-state index contributed by atoms with van der Waals surface area (Å²) in [5.41, 5.74) is 4.44. The van der Waals surface area contributed by atoms with E-state index >= 15 is 0 Å². The molecule has 5 nitrogen and oxygen atoms in total.